The molecule has 0 heterocycles. The summed E-state index contributed by atoms with van der Waals surface area (Å²) in [6.45, 7) is 0. The van der Waals surface area contributed by atoms with E-state index in [9.17, 15) is 0 Å². The molecule has 2 atom stereocenters. The van der Waals surface area contributed by atoms with Crippen LogP contribution in [0.4, 0.5) is 0 Å². The molecule has 0 aliphatic heterocycles. The molecule has 1 nitrogen and oxygen atoms in total. The average molecular weight is 212 g/mol. The van der Waals surface area contributed by atoms with Gasteiger partial charge in [-0.3, -0.25) is 0 Å². The Hall–Kier alpha value is 0.690. The molecule has 0 spiro atoms. The summed E-state index contributed by atoms with van der Waals surface area (Å²) in [4.78, 5) is 0. The van der Waals surface area contributed by atoms with E-state index < -0.39 is 0 Å². The number of hydrogen-bond donors (Lipinski definition) is 1. The molecule has 0 saturated heterocycles. The Kier molecular flexibility index (Phi) is 1.92. The molecule has 2 unspecified atom stereocenters. The van der Waals surface area contributed by atoms with Crippen molar-refractivity contribution in [2.24, 2.45) is 0 Å². The monoisotopic (exact) mass is 212 g/mol. The normalized spacial score (nSPS) is 42.0. The summed E-state index contributed by atoms with van der Waals surface area (Å²) >= 11 is 2.31. The Morgan fingerprint density at radius 3 is 2.29 bits per heavy atom. The quantitative estimate of drug-likeness (QED) is 0.474. The molecule has 1 N–H and O–H groups in total. The Bertz CT molecular complexity index is 57.1. The third-order valence-electron chi connectivity index (χ3n) is 1.40. The van der Waals surface area contributed by atoms with E-state index >= 15 is 0 Å². The van der Waals surface area contributed by atoms with Gasteiger partial charge in [-0.2, -0.15) is 0 Å². The van der Waals surface area contributed by atoms with Gasteiger partial charge in [0, 0.05) is 3.92 Å². The first-order chi connectivity index (χ1) is 3.30. The Balaban J connectivity index is 2.33. The zero-order valence-corrected chi connectivity index (χ0v) is 6.26. The zero-order chi connectivity index (χ0) is 5.28. The van der Waals surface area contributed by atoms with Gasteiger partial charge in [0.15, 0.2) is 0 Å². The van der Waals surface area contributed by atoms with E-state index in [0.717, 1.165) is 6.42 Å². The molecule has 1 fully saturated rings. The van der Waals surface area contributed by atoms with Gasteiger partial charge < -0.3 is 5.11 Å². The maximum absolute atomic E-state index is 8.99. The number of alkyl halides is 1. The minimum atomic E-state index is 0.000556. The van der Waals surface area contributed by atoms with E-state index in [2.05, 4.69) is 22.6 Å². The lowest BCUT2D eigenvalue weighted by Crippen LogP contribution is -2.10. The SMILES string of the molecule is OC1CCCC1I. The van der Waals surface area contributed by atoms with Gasteiger partial charge >= 0.3 is 0 Å². The second-order valence-electron chi connectivity index (χ2n) is 2.01. The fourth-order valence-corrected chi connectivity index (χ4v) is 1.70. The van der Waals surface area contributed by atoms with E-state index in [1.165, 1.54) is 12.8 Å². The van der Waals surface area contributed by atoms with Crippen LogP contribution in [0, 0.1) is 0 Å². The third-order valence-corrected chi connectivity index (χ3v) is 2.85. The van der Waals surface area contributed by atoms with Gasteiger partial charge in [0.05, 0.1) is 6.10 Å². The smallest absolute Gasteiger partial charge is 0.0657 e. The first kappa shape index (κ1) is 5.82. The van der Waals surface area contributed by atoms with Gasteiger partial charge in [-0.15, -0.1) is 0 Å². The van der Waals surface area contributed by atoms with Crippen LogP contribution < -0.4 is 0 Å². The van der Waals surface area contributed by atoms with Crippen LogP contribution in [0.3, 0.4) is 0 Å². The lowest BCUT2D eigenvalue weighted by Gasteiger charge is -2.02. The van der Waals surface area contributed by atoms with Crippen molar-refractivity contribution in [2.75, 3.05) is 0 Å². The lowest BCUT2D eigenvalue weighted by atomic mass is 10.3. The van der Waals surface area contributed by atoms with Gasteiger partial charge in [-0.1, -0.05) is 22.6 Å². The fourth-order valence-electron chi connectivity index (χ4n) is 0.895. The van der Waals surface area contributed by atoms with E-state index in [-0.39, 0.29) is 6.10 Å². The molecule has 0 bridgehead atoms. The predicted octanol–water partition coefficient (Wildman–Crippen LogP) is 1.33. The van der Waals surface area contributed by atoms with E-state index in [1.54, 1.807) is 0 Å². The van der Waals surface area contributed by atoms with Crippen LogP contribution in [0.5, 0.6) is 0 Å². The predicted molar refractivity (Wildman–Crippen MR) is 37.7 cm³/mol. The molecule has 1 aliphatic carbocycles. The van der Waals surface area contributed by atoms with E-state index in [4.69, 9.17) is 5.11 Å². The summed E-state index contributed by atoms with van der Waals surface area (Å²) in [5.74, 6) is 0. The minimum Gasteiger partial charge on any atom is -0.392 e. The molecule has 42 valence electrons. The first-order valence-electron chi connectivity index (χ1n) is 2.63. The molecule has 0 aromatic rings. The molecule has 0 aromatic carbocycles. The molecule has 1 rings (SSSR count). The van der Waals surface area contributed by atoms with Crippen LogP contribution in [-0.2, 0) is 0 Å². The highest BCUT2D eigenvalue weighted by atomic mass is 127. The molecular weight excluding hydrogens is 203 g/mol. The van der Waals surface area contributed by atoms with Crippen LogP contribution >= 0.6 is 22.6 Å². The highest BCUT2D eigenvalue weighted by molar-refractivity contribution is 14.1. The number of rotatable bonds is 0. The van der Waals surface area contributed by atoms with Gasteiger partial charge in [0.1, 0.15) is 0 Å². The van der Waals surface area contributed by atoms with Crippen LogP contribution in [0.1, 0.15) is 19.3 Å². The molecule has 0 radical (unpaired) electrons. The molecule has 2 heteroatoms. The fraction of sp³-hybridized carbons (Fsp3) is 1.00. The van der Waals surface area contributed by atoms with Crippen molar-refractivity contribution in [1.82, 2.24) is 0 Å². The van der Waals surface area contributed by atoms with E-state index in [0.29, 0.717) is 3.92 Å². The molecular formula is C5H9IO. The number of aliphatic hydroxyl groups is 1. The number of aliphatic hydroxyl groups excluding tert-OH is 1. The van der Waals surface area contributed by atoms with Gasteiger partial charge in [-0.25, -0.2) is 0 Å². The molecule has 0 aromatic heterocycles. The number of hydrogen-bond acceptors (Lipinski definition) is 1. The van der Waals surface area contributed by atoms with Crippen LogP contribution in [0.15, 0.2) is 0 Å². The summed E-state index contributed by atoms with van der Waals surface area (Å²) in [5.41, 5.74) is 0. The van der Waals surface area contributed by atoms with Crippen molar-refractivity contribution >= 4 is 22.6 Å². The largest absolute Gasteiger partial charge is 0.392 e. The van der Waals surface area contributed by atoms with Crippen molar-refractivity contribution < 1.29 is 5.11 Å². The summed E-state index contributed by atoms with van der Waals surface area (Å²) in [5, 5.41) is 8.99. The Morgan fingerprint density at radius 2 is 2.14 bits per heavy atom. The third kappa shape index (κ3) is 1.29. The van der Waals surface area contributed by atoms with Crippen molar-refractivity contribution in [3.63, 3.8) is 0 Å². The molecule has 7 heavy (non-hydrogen) atoms. The minimum absolute atomic E-state index is 0.000556. The van der Waals surface area contributed by atoms with Crippen molar-refractivity contribution in [1.29, 1.82) is 0 Å². The van der Waals surface area contributed by atoms with Gasteiger partial charge in [0.25, 0.3) is 0 Å². The maximum Gasteiger partial charge on any atom is 0.0657 e. The van der Waals surface area contributed by atoms with E-state index in [1.807, 2.05) is 0 Å². The summed E-state index contributed by atoms with van der Waals surface area (Å²) < 4.78 is 0.539. The van der Waals surface area contributed by atoms with Crippen molar-refractivity contribution in [3.8, 4) is 0 Å². The van der Waals surface area contributed by atoms with Crippen LogP contribution in [-0.4, -0.2) is 15.1 Å². The van der Waals surface area contributed by atoms with Crippen LogP contribution in [0.2, 0.25) is 0 Å². The summed E-state index contributed by atoms with van der Waals surface area (Å²) in [7, 11) is 0. The highest BCUT2D eigenvalue weighted by Gasteiger charge is 2.21. The highest BCUT2D eigenvalue weighted by Crippen LogP contribution is 2.25. The average Bonchev–Trinajstić information content (AvgIpc) is 1.91. The van der Waals surface area contributed by atoms with Crippen molar-refractivity contribution in [3.05, 3.63) is 0 Å². The maximum atomic E-state index is 8.99. The van der Waals surface area contributed by atoms with Gasteiger partial charge in [-0.05, 0) is 19.3 Å². The van der Waals surface area contributed by atoms with Gasteiger partial charge in [0.2, 0.25) is 0 Å². The summed E-state index contributed by atoms with van der Waals surface area (Å²) in [6.07, 6.45) is 3.45. The second kappa shape index (κ2) is 2.31. The first-order valence-corrected chi connectivity index (χ1v) is 3.87. The summed E-state index contributed by atoms with van der Waals surface area (Å²) in [6, 6.07) is 0. The molecule has 1 aliphatic rings. The Morgan fingerprint density at radius 1 is 1.43 bits per heavy atom. The lowest BCUT2D eigenvalue weighted by molar-refractivity contribution is 0.192. The molecule has 0 amide bonds. The second-order valence-corrected chi connectivity index (χ2v) is 3.61. The molecule has 1 saturated carbocycles. The standard InChI is InChI=1S/C5H9IO/c6-4-2-1-3-5(4)7/h4-5,7H,1-3H2. The van der Waals surface area contributed by atoms with Crippen LogP contribution in [0.25, 0.3) is 0 Å². The topological polar surface area (TPSA) is 20.2 Å². The van der Waals surface area contributed by atoms with Crippen molar-refractivity contribution in [2.45, 2.75) is 29.3 Å². The zero-order valence-electron chi connectivity index (χ0n) is 4.10. The Labute approximate surface area is 57.2 Å². The number of halogens is 1.